The lowest BCUT2D eigenvalue weighted by Crippen LogP contribution is -2.34. The van der Waals surface area contributed by atoms with Crippen molar-refractivity contribution in [3.05, 3.63) is 42.0 Å². The number of aryl methyl sites for hydroxylation is 1. The molecule has 2 nitrogen and oxygen atoms in total. The van der Waals surface area contributed by atoms with Gasteiger partial charge < -0.3 is 0 Å². The topological polar surface area (TPSA) is 29.1 Å². The van der Waals surface area contributed by atoms with Crippen LogP contribution < -0.4 is 4.72 Å². The molecule has 0 bridgehead atoms. The Labute approximate surface area is 107 Å². The van der Waals surface area contributed by atoms with Gasteiger partial charge in [0, 0.05) is 6.54 Å². The van der Waals surface area contributed by atoms with Crippen LogP contribution in [0.1, 0.15) is 31.9 Å². The van der Waals surface area contributed by atoms with Gasteiger partial charge in [-0.3, -0.25) is 0 Å². The Bertz CT molecular complexity index is 432. The molecule has 0 saturated heterocycles. The highest BCUT2D eigenvalue weighted by molar-refractivity contribution is 7.84. The molecule has 94 valence electrons. The third-order valence-corrected chi connectivity index (χ3v) is 4.02. The number of hydrogen-bond acceptors (Lipinski definition) is 1. The van der Waals surface area contributed by atoms with Gasteiger partial charge in [-0.15, -0.1) is 0 Å². The number of benzene rings is 1. The number of nitrogens with one attached hydrogen (secondary N) is 1. The van der Waals surface area contributed by atoms with Crippen LogP contribution in [0.4, 0.5) is 0 Å². The molecule has 3 heteroatoms. The van der Waals surface area contributed by atoms with Gasteiger partial charge in [0.2, 0.25) is 0 Å². The van der Waals surface area contributed by atoms with Crippen molar-refractivity contribution in [2.24, 2.45) is 0 Å². The van der Waals surface area contributed by atoms with E-state index in [9.17, 15) is 4.21 Å². The first-order valence-corrected chi connectivity index (χ1v) is 6.86. The monoisotopic (exact) mass is 251 g/mol. The zero-order valence-electron chi connectivity index (χ0n) is 11.0. The van der Waals surface area contributed by atoms with Crippen molar-refractivity contribution < 1.29 is 4.21 Å². The van der Waals surface area contributed by atoms with Crippen LogP contribution in [0.2, 0.25) is 0 Å². The van der Waals surface area contributed by atoms with Gasteiger partial charge in [-0.1, -0.05) is 30.8 Å². The second kappa shape index (κ2) is 5.61. The summed E-state index contributed by atoms with van der Waals surface area (Å²) in [5.41, 5.74) is 3.30. The van der Waals surface area contributed by atoms with E-state index in [2.05, 4.69) is 24.3 Å². The summed E-state index contributed by atoms with van der Waals surface area (Å²) in [5, 5.41) is 0. The highest BCUT2D eigenvalue weighted by atomic mass is 32.2. The standard InChI is InChI=1S/C14H21NOS/c1-11-8-6-7-9-13(11)12(2)10-15-17(16)14(3,4)5/h6-9,15H,2,10H2,1,3-5H3/t17-/m1/s1. The molecule has 0 saturated carbocycles. The van der Waals surface area contributed by atoms with Gasteiger partial charge in [0.25, 0.3) is 0 Å². The van der Waals surface area contributed by atoms with Crippen molar-refractivity contribution in [3.63, 3.8) is 0 Å². The molecule has 0 amide bonds. The summed E-state index contributed by atoms with van der Waals surface area (Å²) < 4.78 is 14.6. The first kappa shape index (κ1) is 14.1. The Morgan fingerprint density at radius 3 is 2.47 bits per heavy atom. The Morgan fingerprint density at radius 2 is 1.94 bits per heavy atom. The third kappa shape index (κ3) is 4.10. The molecule has 1 aromatic rings. The Balaban J connectivity index is 2.63. The molecule has 0 aliphatic rings. The molecular weight excluding hydrogens is 230 g/mol. The second-order valence-corrected chi connectivity index (χ2v) is 7.17. The van der Waals surface area contributed by atoms with E-state index in [1.807, 2.05) is 39.0 Å². The lowest BCUT2D eigenvalue weighted by atomic mass is 10.0. The molecule has 17 heavy (non-hydrogen) atoms. The summed E-state index contributed by atoms with van der Waals surface area (Å²) in [5.74, 6) is 0. The SMILES string of the molecule is C=C(CN[S@](=O)C(C)(C)C)c1ccccc1C. The lowest BCUT2D eigenvalue weighted by Gasteiger charge is -2.19. The van der Waals surface area contributed by atoms with Crippen molar-refractivity contribution in [3.8, 4) is 0 Å². The fourth-order valence-electron chi connectivity index (χ4n) is 1.43. The maximum atomic E-state index is 11.8. The van der Waals surface area contributed by atoms with Crippen LogP contribution in [0, 0.1) is 6.92 Å². The molecule has 0 radical (unpaired) electrons. The van der Waals surface area contributed by atoms with Crippen molar-refractivity contribution in [1.29, 1.82) is 0 Å². The van der Waals surface area contributed by atoms with Crippen LogP contribution in [0.5, 0.6) is 0 Å². The fourth-order valence-corrected chi connectivity index (χ4v) is 2.17. The van der Waals surface area contributed by atoms with E-state index in [1.54, 1.807) is 0 Å². The van der Waals surface area contributed by atoms with E-state index in [1.165, 1.54) is 5.56 Å². The molecule has 1 N–H and O–H groups in total. The van der Waals surface area contributed by atoms with Crippen molar-refractivity contribution in [2.45, 2.75) is 32.4 Å². The minimum Gasteiger partial charge on any atom is -0.242 e. The van der Waals surface area contributed by atoms with Crippen LogP contribution in [-0.4, -0.2) is 15.5 Å². The van der Waals surface area contributed by atoms with Gasteiger partial charge >= 0.3 is 0 Å². The van der Waals surface area contributed by atoms with E-state index in [0.717, 1.165) is 11.1 Å². The minimum absolute atomic E-state index is 0.244. The Hall–Kier alpha value is -0.930. The summed E-state index contributed by atoms with van der Waals surface area (Å²) in [4.78, 5) is 0. The maximum Gasteiger partial charge on any atom is 0.0973 e. The van der Waals surface area contributed by atoms with Crippen LogP contribution in [0.15, 0.2) is 30.8 Å². The molecule has 0 unspecified atom stereocenters. The largest absolute Gasteiger partial charge is 0.242 e. The predicted octanol–water partition coefficient (Wildman–Crippen LogP) is 3.06. The Morgan fingerprint density at radius 1 is 1.35 bits per heavy atom. The van der Waals surface area contributed by atoms with Crippen LogP contribution in [-0.2, 0) is 11.0 Å². The predicted molar refractivity (Wildman–Crippen MR) is 76.1 cm³/mol. The molecular formula is C14H21NOS. The summed E-state index contributed by atoms with van der Waals surface area (Å²) in [6.07, 6.45) is 0. The van der Waals surface area contributed by atoms with Crippen molar-refractivity contribution >= 4 is 16.6 Å². The highest BCUT2D eigenvalue weighted by Gasteiger charge is 2.19. The van der Waals surface area contributed by atoms with E-state index < -0.39 is 11.0 Å². The Kier molecular flexibility index (Phi) is 4.66. The van der Waals surface area contributed by atoms with E-state index in [-0.39, 0.29) is 4.75 Å². The van der Waals surface area contributed by atoms with Gasteiger partial charge in [-0.2, -0.15) is 0 Å². The van der Waals surface area contributed by atoms with Crippen LogP contribution in [0.3, 0.4) is 0 Å². The summed E-state index contributed by atoms with van der Waals surface area (Å²) in [6.45, 7) is 12.5. The molecule has 0 fully saturated rings. The molecule has 0 aromatic heterocycles. The second-order valence-electron chi connectivity index (χ2n) is 5.12. The molecule has 1 atom stereocenters. The normalized spacial score (nSPS) is 13.4. The van der Waals surface area contributed by atoms with Crippen molar-refractivity contribution in [1.82, 2.24) is 4.72 Å². The zero-order chi connectivity index (χ0) is 13.1. The molecule has 0 heterocycles. The third-order valence-electron chi connectivity index (χ3n) is 2.50. The zero-order valence-corrected chi connectivity index (χ0v) is 11.9. The molecule has 0 spiro atoms. The minimum atomic E-state index is -1.05. The molecule has 1 aromatic carbocycles. The first-order valence-electron chi connectivity index (χ1n) is 5.71. The van der Waals surface area contributed by atoms with E-state index >= 15 is 0 Å². The van der Waals surface area contributed by atoms with E-state index in [0.29, 0.717) is 6.54 Å². The van der Waals surface area contributed by atoms with Gasteiger partial charge in [0.15, 0.2) is 0 Å². The molecule has 1 rings (SSSR count). The first-order chi connectivity index (χ1) is 7.82. The quantitative estimate of drug-likeness (QED) is 0.875. The smallest absolute Gasteiger partial charge is 0.0973 e. The average molecular weight is 251 g/mol. The molecule has 0 aliphatic heterocycles. The van der Waals surface area contributed by atoms with Gasteiger partial charge in [-0.05, 0) is 44.4 Å². The number of hydrogen-bond donors (Lipinski definition) is 1. The van der Waals surface area contributed by atoms with Gasteiger partial charge in [0.1, 0.15) is 0 Å². The summed E-state index contributed by atoms with van der Waals surface area (Å²) in [6, 6.07) is 8.10. The summed E-state index contributed by atoms with van der Waals surface area (Å²) in [7, 11) is -1.05. The summed E-state index contributed by atoms with van der Waals surface area (Å²) >= 11 is 0. The van der Waals surface area contributed by atoms with E-state index in [4.69, 9.17) is 0 Å². The van der Waals surface area contributed by atoms with Crippen LogP contribution >= 0.6 is 0 Å². The lowest BCUT2D eigenvalue weighted by molar-refractivity contribution is 0.640. The molecule has 0 aliphatic carbocycles. The average Bonchev–Trinajstić information content (AvgIpc) is 2.24. The van der Waals surface area contributed by atoms with Crippen LogP contribution in [0.25, 0.3) is 5.57 Å². The van der Waals surface area contributed by atoms with Gasteiger partial charge in [-0.25, -0.2) is 8.93 Å². The highest BCUT2D eigenvalue weighted by Crippen LogP contribution is 2.17. The van der Waals surface area contributed by atoms with Gasteiger partial charge in [0.05, 0.1) is 15.7 Å². The van der Waals surface area contributed by atoms with Crippen molar-refractivity contribution in [2.75, 3.05) is 6.54 Å². The maximum absolute atomic E-state index is 11.8. The number of rotatable bonds is 4. The fraction of sp³-hybridized carbons (Fsp3) is 0.429.